The van der Waals surface area contributed by atoms with Gasteiger partial charge in [-0.25, -0.2) is 0 Å². The predicted octanol–water partition coefficient (Wildman–Crippen LogP) is 0.935. The summed E-state index contributed by atoms with van der Waals surface area (Å²) in [6.45, 7) is 7.50. The van der Waals surface area contributed by atoms with Crippen LogP contribution in [0.3, 0.4) is 0 Å². The van der Waals surface area contributed by atoms with Crippen molar-refractivity contribution in [2.45, 2.75) is 45.0 Å². The third-order valence-corrected chi connectivity index (χ3v) is 1.64. The maximum atomic E-state index is 9.37. The van der Waals surface area contributed by atoms with Crippen LogP contribution in [0.5, 0.6) is 0 Å². The molecule has 0 aromatic heterocycles. The average Bonchev–Trinajstić information content (AvgIpc) is 2.10. The first-order valence-electron chi connectivity index (χ1n) is 3.24. The zero-order valence-corrected chi connectivity index (χ0v) is 6.43. The van der Waals surface area contributed by atoms with Crippen molar-refractivity contribution in [2.24, 2.45) is 0 Å². The highest BCUT2D eigenvalue weighted by Crippen LogP contribution is 2.42. The van der Waals surface area contributed by atoms with Gasteiger partial charge in [-0.15, -0.1) is 0 Å². The van der Waals surface area contributed by atoms with Crippen molar-refractivity contribution >= 4 is 0 Å². The number of rotatable bonds is 1. The molecule has 1 N–H and O–H groups in total. The van der Waals surface area contributed by atoms with Crippen molar-refractivity contribution in [2.75, 3.05) is 0 Å². The van der Waals surface area contributed by atoms with Crippen LogP contribution in [0.25, 0.3) is 0 Å². The maximum absolute atomic E-state index is 9.37. The molecule has 2 heteroatoms. The fourth-order valence-electron chi connectivity index (χ4n) is 1.26. The average molecular weight is 130 g/mol. The first-order chi connectivity index (χ1) is 3.84. The van der Waals surface area contributed by atoms with Crippen LogP contribution in [0, 0.1) is 0 Å². The van der Waals surface area contributed by atoms with Gasteiger partial charge in [0.05, 0.1) is 11.2 Å². The molecule has 1 saturated heterocycles. The zero-order valence-electron chi connectivity index (χ0n) is 6.43. The highest BCUT2D eigenvalue weighted by atomic mass is 16.6. The fraction of sp³-hybridized carbons (Fsp3) is 1.00. The van der Waals surface area contributed by atoms with E-state index in [4.69, 9.17) is 4.74 Å². The molecule has 0 amide bonds. The van der Waals surface area contributed by atoms with Crippen molar-refractivity contribution in [3.8, 4) is 0 Å². The molecule has 0 saturated carbocycles. The van der Waals surface area contributed by atoms with Crippen LogP contribution in [0.2, 0.25) is 0 Å². The SMILES string of the molecule is CC(C)(O)C1OC1(C)C. The molecule has 0 aromatic rings. The number of hydrogen-bond donors (Lipinski definition) is 1. The molecule has 9 heavy (non-hydrogen) atoms. The van der Waals surface area contributed by atoms with Crippen molar-refractivity contribution in [3.63, 3.8) is 0 Å². The normalized spacial score (nSPS) is 32.3. The molecule has 0 radical (unpaired) electrons. The van der Waals surface area contributed by atoms with Crippen molar-refractivity contribution < 1.29 is 9.84 Å². The van der Waals surface area contributed by atoms with Gasteiger partial charge in [-0.1, -0.05) is 0 Å². The van der Waals surface area contributed by atoms with Gasteiger partial charge in [0.15, 0.2) is 0 Å². The summed E-state index contributed by atoms with van der Waals surface area (Å²) in [7, 11) is 0. The summed E-state index contributed by atoms with van der Waals surface area (Å²) in [5.41, 5.74) is -0.776. The van der Waals surface area contributed by atoms with Gasteiger partial charge in [-0.3, -0.25) is 0 Å². The zero-order chi connectivity index (χ0) is 7.28. The van der Waals surface area contributed by atoms with Crippen molar-refractivity contribution in [3.05, 3.63) is 0 Å². The molecule has 1 fully saturated rings. The lowest BCUT2D eigenvalue weighted by Gasteiger charge is -2.14. The lowest BCUT2D eigenvalue weighted by atomic mass is 9.97. The molecule has 1 aliphatic heterocycles. The molecular formula is C7H14O2. The first-order valence-corrected chi connectivity index (χ1v) is 3.24. The van der Waals surface area contributed by atoms with Gasteiger partial charge >= 0.3 is 0 Å². The third kappa shape index (κ3) is 1.25. The number of hydrogen-bond acceptors (Lipinski definition) is 2. The summed E-state index contributed by atoms with van der Waals surface area (Å²) in [4.78, 5) is 0. The summed E-state index contributed by atoms with van der Waals surface area (Å²) >= 11 is 0. The first kappa shape index (κ1) is 7.03. The molecule has 0 aromatic carbocycles. The number of epoxide rings is 1. The summed E-state index contributed by atoms with van der Waals surface area (Å²) in [6.07, 6.45) is 0.0185. The Morgan fingerprint density at radius 1 is 1.44 bits per heavy atom. The second-order valence-corrected chi connectivity index (χ2v) is 3.76. The third-order valence-electron chi connectivity index (χ3n) is 1.64. The molecule has 0 aliphatic carbocycles. The van der Waals surface area contributed by atoms with E-state index in [0.29, 0.717) is 0 Å². The van der Waals surface area contributed by atoms with Crippen LogP contribution in [-0.4, -0.2) is 22.4 Å². The minimum atomic E-state index is -0.677. The minimum Gasteiger partial charge on any atom is -0.388 e. The van der Waals surface area contributed by atoms with E-state index in [-0.39, 0.29) is 11.7 Å². The second-order valence-electron chi connectivity index (χ2n) is 3.76. The Hall–Kier alpha value is -0.0800. The molecule has 54 valence electrons. The smallest absolute Gasteiger partial charge is 0.115 e. The predicted molar refractivity (Wildman–Crippen MR) is 35.2 cm³/mol. The minimum absolute atomic E-state index is 0.0185. The van der Waals surface area contributed by atoms with E-state index in [1.807, 2.05) is 13.8 Å². The Morgan fingerprint density at radius 2 is 1.78 bits per heavy atom. The van der Waals surface area contributed by atoms with E-state index in [1.165, 1.54) is 0 Å². The highest BCUT2D eigenvalue weighted by Gasteiger charge is 2.55. The van der Waals surface area contributed by atoms with Gasteiger partial charge in [0.25, 0.3) is 0 Å². The lowest BCUT2D eigenvalue weighted by molar-refractivity contribution is 0.0482. The Labute approximate surface area is 55.8 Å². The standard InChI is InChI=1S/C7H14O2/c1-6(2,8)5-7(3,4)9-5/h5,8H,1-4H3. The Balaban J connectivity index is 2.52. The van der Waals surface area contributed by atoms with E-state index in [9.17, 15) is 5.11 Å². The van der Waals surface area contributed by atoms with E-state index < -0.39 is 5.60 Å². The Morgan fingerprint density at radius 3 is 1.78 bits per heavy atom. The Kier molecular flexibility index (Phi) is 1.17. The van der Waals surface area contributed by atoms with E-state index >= 15 is 0 Å². The van der Waals surface area contributed by atoms with Crippen molar-refractivity contribution in [1.29, 1.82) is 0 Å². The van der Waals surface area contributed by atoms with Crippen LogP contribution in [0.15, 0.2) is 0 Å². The molecule has 1 heterocycles. The number of aliphatic hydroxyl groups is 1. The lowest BCUT2D eigenvalue weighted by Crippen LogP contribution is -2.30. The van der Waals surface area contributed by atoms with Crippen LogP contribution >= 0.6 is 0 Å². The Bertz CT molecular complexity index is 121. The molecule has 1 unspecified atom stereocenters. The molecule has 2 nitrogen and oxygen atoms in total. The molecule has 0 bridgehead atoms. The monoisotopic (exact) mass is 130 g/mol. The van der Waals surface area contributed by atoms with Crippen LogP contribution in [-0.2, 0) is 4.74 Å². The highest BCUT2D eigenvalue weighted by molar-refractivity contribution is 5.03. The topological polar surface area (TPSA) is 32.8 Å². The van der Waals surface area contributed by atoms with Gasteiger partial charge in [-0.05, 0) is 27.7 Å². The van der Waals surface area contributed by atoms with Gasteiger partial charge in [0.1, 0.15) is 6.10 Å². The fourth-order valence-corrected chi connectivity index (χ4v) is 1.26. The van der Waals surface area contributed by atoms with Gasteiger partial charge in [-0.2, -0.15) is 0 Å². The van der Waals surface area contributed by atoms with Crippen molar-refractivity contribution in [1.82, 2.24) is 0 Å². The summed E-state index contributed by atoms with van der Waals surface area (Å²) in [5, 5.41) is 9.37. The van der Waals surface area contributed by atoms with E-state index in [2.05, 4.69) is 0 Å². The van der Waals surface area contributed by atoms with Gasteiger partial charge in [0.2, 0.25) is 0 Å². The van der Waals surface area contributed by atoms with Gasteiger partial charge in [0, 0.05) is 0 Å². The summed E-state index contributed by atoms with van der Waals surface area (Å²) in [6, 6.07) is 0. The summed E-state index contributed by atoms with van der Waals surface area (Å²) in [5.74, 6) is 0. The summed E-state index contributed by atoms with van der Waals surface area (Å²) < 4.78 is 5.22. The van der Waals surface area contributed by atoms with Crippen LogP contribution < -0.4 is 0 Å². The molecule has 1 aliphatic rings. The molecule has 1 atom stereocenters. The molecular weight excluding hydrogens is 116 g/mol. The second kappa shape index (κ2) is 1.50. The number of ether oxygens (including phenoxy) is 1. The van der Waals surface area contributed by atoms with E-state index in [0.717, 1.165) is 0 Å². The van der Waals surface area contributed by atoms with Crippen LogP contribution in [0.1, 0.15) is 27.7 Å². The molecule has 0 spiro atoms. The van der Waals surface area contributed by atoms with E-state index in [1.54, 1.807) is 13.8 Å². The largest absolute Gasteiger partial charge is 0.388 e. The van der Waals surface area contributed by atoms with Crippen LogP contribution in [0.4, 0.5) is 0 Å². The maximum Gasteiger partial charge on any atom is 0.115 e. The van der Waals surface area contributed by atoms with Gasteiger partial charge < -0.3 is 9.84 Å². The quantitative estimate of drug-likeness (QED) is 0.536. The molecule has 1 rings (SSSR count).